The fraction of sp³-hybridized carbons (Fsp3) is 0.263. The van der Waals surface area contributed by atoms with Crippen molar-refractivity contribution in [2.24, 2.45) is 0 Å². The number of halogens is 1. The lowest BCUT2D eigenvalue weighted by molar-refractivity contribution is 0.00694. The minimum atomic E-state index is -0.534. The highest BCUT2D eigenvalue weighted by Gasteiger charge is 2.17. The van der Waals surface area contributed by atoms with Gasteiger partial charge in [-0.2, -0.15) is 0 Å². The van der Waals surface area contributed by atoms with E-state index in [0.29, 0.717) is 18.3 Å². The van der Waals surface area contributed by atoms with Crippen LogP contribution in [0.2, 0.25) is 0 Å². The first-order valence-electron chi connectivity index (χ1n) is 7.34. The second kappa shape index (κ2) is 6.73. The summed E-state index contributed by atoms with van der Waals surface area (Å²) < 4.78 is 18.9. The summed E-state index contributed by atoms with van der Waals surface area (Å²) >= 11 is 0. The van der Waals surface area contributed by atoms with E-state index in [9.17, 15) is 14.0 Å². The van der Waals surface area contributed by atoms with Crippen LogP contribution in [0.5, 0.6) is 0 Å². The first kappa shape index (κ1) is 16.9. The van der Waals surface area contributed by atoms with E-state index in [2.05, 4.69) is 0 Å². The summed E-state index contributed by atoms with van der Waals surface area (Å²) in [6.45, 7) is 5.45. The molecule has 0 saturated heterocycles. The average molecular weight is 314 g/mol. The van der Waals surface area contributed by atoms with Gasteiger partial charge >= 0.3 is 5.97 Å². The van der Waals surface area contributed by atoms with Gasteiger partial charge in [-0.1, -0.05) is 18.2 Å². The van der Waals surface area contributed by atoms with Crippen molar-refractivity contribution >= 4 is 12.3 Å². The molecule has 0 amide bonds. The van der Waals surface area contributed by atoms with E-state index < -0.39 is 11.4 Å². The van der Waals surface area contributed by atoms with Crippen LogP contribution in [0.4, 0.5) is 4.39 Å². The zero-order valence-electron chi connectivity index (χ0n) is 13.4. The molecule has 2 rings (SSSR count). The molecule has 2 aromatic rings. The fourth-order valence-corrected chi connectivity index (χ4v) is 2.11. The van der Waals surface area contributed by atoms with Crippen LogP contribution in [0.15, 0.2) is 42.5 Å². The molecule has 120 valence electrons. The molecular formula is C19H19FO3. The minimum Gasteiger partial charge on any atom is -0.456 e. The summed E-state index contributed by atoms with van der Waals surface area (Å²) in [6.07, 6.45) is 1.01. The third kappa shape index (κ3) is 4.74. The SMILES string of the molecule is CC(C)(C)OC(=O)c1ccc(Cc2ccc(C=O)c(F)c2)cc1. The van der Waals surface area contributed by atoms with E-state index in [0.717, 1.165) is 11.1 Å². The second-order valence-corrected chi connectivity index (χ2v) is 6.35. The molecule has 4 heteroatoms. The van der Waals surface area contributed by atoms with Crippen LogP contribution < -0.4 is 0 Å². The summed E-state index contributed by atoms with van der Waals surface area (Å²) in [6, 6.07) is 11.5. The van der Waals surface area contributed by atoms with Crippen LogP contribution in [0, 0.1) is 5.82 Å². The lowest BCUT2D eigenvalue weighted by atomic mass is 10.0. The molecule has 0 unspecified atom stereocenters. The largest absolute Gasteiger partial charge is 0.456 e. The van der Waals surface area contributed by atoms with Crippen LogP contribution in [0.3, 0.4) is 0 Å². The molecule has 3 nitrogen and oxygen atoms in total. The maximum Gasteiger partial charge on any atom is 0.338 e. The van der Waals surface area contributed by atoms with Gasteiger partial charge in [-0.25, -0.2) is 9.18 Å². The minimum absolute atomic E-state index is 0.0500. The van der Waals surface area contributed by atoms with Crippen LogP contribution in [0.1, 0.15) is 52.6 Å². The molecule has 23 heavy (non-hydrogen) atoms. The molecule has 0 aliphatic rings. The lowest BCUT2D eigenvalue weighted by Gasteiger charge is -2.19. The molecule has 0 fully saturated rings. The Bertz CT molecular complexity index is 712. The topological polar surface area (TPSA) is 43.4 Å². The van der Waals surface area contributed by atoms with Crippen LogP contribution in [0.25, 0.3) is 0 Å². The van der Waals surface area contributed by atoms with Gasteiger partial charge in [0.2, 0.25) is 0 Å². The molecule has 0 bridgehead atoms. The number of ether oxygens (including phenoxy) is 1. The van der Waals surface area contributed by atoms with E-state index >= 15 is 0 Å². The quantitative estimate of drug-likeness (QED) is 0.628. The molecule has 0 heterocycles. The van der Waals surface area contributed by atoms with Gasteiger partial charge in [-0.15, -0.1) is 0 Å². The highest BCUT2D eigenvalue weighted by molar-refractivity contribution is 5.89. The molecule has 0 aliphatic heterocycles. The van der Waals surface area contributed by atoms with Crippen molar-refractivity contribution in [3.05, 3.63) is 70.5 Å². The molecule has 0 spiro atoms. The molecule has 0 N–H and O–H groups in total. The van der Waals surface area contributed by atoms with Crippen molar-refractivity contribution in [3.8, 4) is 0 Å². The van der Waals surface area contributed by atoms with Crippen molar-refractivity contribution in [3.63, 3.8) is 0 Å². The Morgan fingerprint density at radius 2 is 1.70 bits per heavy atom. The van der Waals surface area contributed by atoms with Crippen molar-refractivity contribution in [1.29, 1.82) is 0 Å². The maximum atomic E-state index is 13.6. The summed E-state index contributed by atoms with van der Waals surface area (Å²) in [5.74, 6) is -0.895. The molecule has 0 atom stereocenters. The third-order valence-corrected chi connectivity index (χ3v) is 3.19. The standard InChI is InChI=1S/C19H19FO3/c1-19(2,3)23-18(22)15-7-4-13(5-8-15)10-14-6-9-16(12-21)17(20)11-14/h4-9,11-12H,10H2,1-3H3. The number of esters is 1. The summed E-state index contributed by atoms with van der Waals surface area (Å²) in [5, 5.41) is 0. The van der Waals surface area contributed by atoms with Crippen molar-refractivity contribution in [1.82, 2.24) is 0 Å². The van der Waals surface area contributed by atoms with Gasteiger partial charge < -0.3 is 4.74 Å². The van der Waals surface area contributed by atoms with Crippen LogP contribution >= 0.6 is 0 Å². The highest BCUT2D eigenvalue weighted by Crippen LogP contribution is 2.16. The van der Waals surface area contributed by atoms with E-state index in [1.54, 1.807) is 18.2 Å². The molecule has 0 aromatic heterocycles. The van der Waals surface area contributed by atoms with Crippen LogP contribution in [-0.4, -0.2) is 17.9 Å². The van der Waals surface area contributed by atoms with Crippen molar-refractivity contribution < 1.29 is 18.7 Å². The van der Waals surface area contributed by atoms with Crippen molar-refractivity contribution in [2.75, 3.05) is 0 Å². The molecule has 0 aliphatic carbocycles. The number of rotatable bonds is 4. The lowest BCUT2D eigenvalue weighted by Crippen LogP contribution is -2.23. The number of hydrogen-bond donors (Lipinski definition) is 0. The van der Waals surface area contributed by atoms with Gasteiger partial charge in [0, 0.05) is 0 Å². The summed E-state index contributed by atoms with van der Waals surface area (Å²) in [5.41, 5.74) is 1.70. The Kier molecular flexibility index (Phi) is 4.94. The maximum absolute atomic E-state index is 13.6. The van der Waals surface area contributed by atoms with Gasteiger partial charge in [0.15, 0.2) is 6.29 Å². The normalized spacial score (nSPS) is 11.1. The van der Waals surface area contributed by atoms with Gasteiger partial charge in [-0.3, -0.25) is 4.79 Å². The molecule has 2 aromatic carbocycles. The number of aldehydes is 1. The Hall–Kier alpha value is -2.49. The highest BCUT2D eigenvalue weighted by atomic mass is 19.1. The Morgan fingerprint density at radius 1 is 1.09 bits per heavy atom. The van der Waals surface area contributed by atoms with Gasteiger partial charge in [0.05, 0.1) is 11.1 Å². The Labute approximate surface area is 135 Å². The average Bonchev–Trinajstić information content (AvgIpc) is 2.46. The van der Waals surface area contributed by atoms with Crippen molar-refractivity contribution in [2.45, 2.75) is 32.8 Å². The van der Waals surface area contributed by atoms with E-state index in [1.807, 2.05) is 32.9 Å². The van der Waals surface area contributed by atoms with Crippen LogP contribution in [-0.2, 0) is 11.2 Å². The van der Waals surface area contributed by atoms with E-state index in [4.69, 9.17) is 4.74 Å². The molecule has 0 saturated carbocycles. The smallest absolute Gasteiger partial charge is 0.338 e. The number of hydrogen-bond acceptors (Lipinski definition) is 3. The first-order chi connectivity index (χ1) is 10.8. The molecule has 0 radical (unpaired) electrons. The Balaban J connectivity index is 2.09. The Morgan fingerprint density at radius 3 is 2.22 bits per heavy atom. The summed E-state index contributed by atoms with van der Waals surface area (Å²) in [7, 11) is 0. The van der Waals surface area contributed by atoms with Gasteiger partial charge in [0.25, 0.3) is 0 Å². The predicted octanol–water partition coefficient (Wildman–Crippen LogP) is 4.18. The fourth-order valence-electron chi connectivity index (χ4n) is 2.11. The number of benzene rings is 2. The first-order valence-corrected chi connectivity index (χ1v) is 7.34. The number of carbonyl (C=O) groups excluding carboxylic acids is 2. The predicted molar refractivity (Wildman–Crippen MR) is 86.2 cm³/mol. The third-order valence-electron chi connectivity index (χ3n) is 3.19. The number of carbonyl (C=O) groups is 2. The van der Waals surface area contributed by atoms with Gasteiger partial charge in [0.1, 0.15) is 11.4 Å². The second-order valence-electron chi connectivity index (χ2n) is 6.35. The zero-order chi connectivity index (χ0) is 17.0. The summed E-state index contributed by atoms with van der Waals surface area (Å²) in [4.78, 5) is 22.6. The van der Waals surface area contributed by atoms with E-state index in [1.165, 1.54) is 12.1 Å². The van der Waals surface area contributed by atoms with E-state index in [-0.39, 0.29) is 11.5 Å². The monoisotopic (exact) mass is 314 g/mol. The van der Waals surface area contributed by atoms with Gasteiger partial charge in [-0.05, 0) is 62.6 Å². The molecular weight excluding hydrogens is 295 g/mol. The zero-order valence-corrected chi connectivity index (χ0v) is 13.4.